The van der Waals surface area contributed by atoms with Crippen LogP contribution >= 0.6 is 11.8 Å². The van der Waals surface area contributed by atoms with Gasteiger partial charge in [-0.3, -0.25) is 19.2 Å². The minimum Gasteiger partial charge on any atom is -0.497 e. The number of benzene rings is 1. The lowest BCUT2D eigenvalue weighted by molar-refractivity contribution is -0.237. The van der Waals surface area contributed by atoms with Crippen molar-refractivity contribution in [2.24, 2.45) is 0 Å². The van der Waals surface area contributed by atoms with Crippen LogP contribution in [-0.2, 0) is 42.9 Å². The van der Waals surface area contributed by atoms with Gasteiger partial charge < -0.3 is 33.7 Å². The average Bonchev–Trinajstić information content (AvgIpc) is 2.90. The van der Waals surface area contributed by atoms with Crippen molar-refractivity contribution in [3.05, 3.63) is 52.2 Å². The molecule has 0 bridgehead atoms. The number of nitrogens with zero attached hydrogens (tertiary/aromatic N) is 1. The zero-order valence-corrected chi connectivity index (χ0v) is 24.3. The minimum atomic E-state index is -1.31. The van der Waals surface area contributed by atoms with Crippen LogP contribution in [0.3, 0.4) is 0 Å². The Morgan fingerprint density at radius 3 is 2.05 bits per heavy atom. The maximum absolute atomic E-state index is 12.2. The average molecular weight is 589 g/mol. The third-order valence-corrected chi connectivity index (χ3v) is 7.23. The van der Waals surface area contributed by atoms with Gasteiger partial charge in [0.2, 0.25) is 0 Å². The molecule has 2 heterocycles. The first-order valence-electron chi connectivity index (χ1n) is 12.6. The summed E-state index contributed by atoms with van der Waals surface area (Å²) in [6.07, 6.45) is -3.04. The van der Waals surface area contributed by atoms with Gasteiger partial charge in [-0.15, -0.1) is 0 Å². The fraction of sp³-hybridized carbons (Fsp3) is 0.464. The fourth-order valence-corrected chi connectivity index (χ4v) is 5.74. The van der Waals surface area contributed by atoms with Crippen molar-refractivity contribution in [1.82, 2.24) is 5.32 Å². The van der Waals surface area contributed by atoms with E-state index in [9.17, 15) is 24.4 Å². The number of ether oxygens (including phenoxy) is 6. The van der Waals surface area contributed by atoms with Gasteiger partial charge in [-0.25, -0.2) is 0 Å². The number of rotatable bonds is 9. The summed E-state index contributed by atoms with van der Waals surface area (Å²) in [5.41, 5.74) is 0.864. The second-order valence-corrected chi connectivity index (χ2v) is 10.4. The van der Waals surface area contributed by atoms with Crippen molar-refractivity contribution in [2.45, 2.75) is 70.4 Å². The molecule has 41 heavy (non-hydrogen) atoms. The molecule has 0 saturated carbocycles. The molecule has 220 valence electrons. The van der Waals surface area contributed by atoms with E-state index in [1.807, 2.05) is 25.1 Å². The summed E-state index contributed by atoms with van der Waals surface area (Å²) in [5, 5.41) is 13.8. The first kappa shape index (κ1) is 31.5. The number of methoxy groups -OCH3 is 1. The van der Waals surface area contributed by atoms with Gasteiger partial charge >= 0.3 is 23.9 Å². The molecule has 1 N–H and O–H groups in total. The number of carbonyl (C=O) groups is 4. The molecule has 0 spiro atoms. The van der Waals surface area contributed by atoms with Gasteiger partial charge in [-0.2, -0.15) is 5.26 Å². The quantitative estimate of drug-likeness (QED) is 0.332. The zero-order valence-electron chi connectivity index (χ0n) is 23.5. The van der Waals surface area contributed by atoms with Crippen molar-refractivity contribution < 1.29 is 47.6 Å². The van der Waals surface area contributed by atoms with Gasteiger partial charge in [-0.05, 0) is 24.6 Å². The van der Waals surface area contributed by atoms with Crippen LogP contribution < -0.4 is 10.1 Å². The summed E-state index contributed by atoms with van der Waals surface area (Å²) >= 11 is 1.03. The summed E-state index contributed by atoms with van der Waals surface area (Å²) in [5.74, 6) is -2.52. The SMILES string of the molecule is COc1ccc(C2C=C(C)NC(S[C@@H]3O[C@H](COC(C)=O)[C@H](OC(C)=O)[C@H](OC(C)=O)[C@H]3OC(C)=O)=C2C#N)cc1. The van der Waals surface area contributed by atoms with E-state index in [1.165, 1.54) is 13.8 Å². The van der Waals surface area contributed by atoms with Gasteiger partial charge in [0.25, 0.3) is 0 Å². The largest absolute Gasteiger partial charge is 0.497 e. The Labute approximate surface area is 241 Å². The molecule has 2 aliphatic rings. The van der Waals surface area contributed by atoms with Crippen LogP contribution in [0.4, 0.5) is 0 Å². The molecule has 3 rings (SSSR count). The van der Waals surface area contributed by atoms with E-state index >= 15 is 0 Å². The first-order chi connectivity index (χ1) is 19.4. The topological polar surface area (TPSA) is 159 Å². The van der Waals surface area contributed by atoms with Crippen LogP contribution in [0.25, 0.3) is 0 Å². The van der Waals surface area contributed by atoms with Crippen LogP contribution in [0.2, 0.25) is 0 Å². The second-order valence-electron chi connectivity index (χ2n) is 9.27. The molecule has 1 saturated heterocycles. The maximum Gasteiger partial charge on any atom is 0.303 e. The Bertz CT molecular complexity index is 1270. The van der Waals surface area contributed by atoms with E-state index in [0.717, 1.165) is 36.9 Å². The number of allylic oxidation sites excluding steroid dienone is 3. The van der Waals surface area contributed by atoms with Crippen LogP contribution in [0.1, 0.15) is 46.1 Å². The molecular formula is C28H32N2O10S. The Balaban J connectivity index is 2.06. The highest BCUT2D eigenvalue weighted by Gasteiger charge is 2.53. The van der Waals surface area contributed by atoms with Gasteiger partial charge in [0.05, 0.1) is 23.8 Å². The third-order valence-electron chi connectivity index (χ3n) is 6.06. The predicted molar refractivity (Wildman–Crippen MR) is 145 cm³/mol. The molecule has 13 heteroatoms. The summed E-state index contributed by atoms with van der Waals surface area (Å²) < 4.78 is 33.1. The lowest BCUT2D eigenvalue weighted by Gasteiger charge is -2.44. The highest BCUT2D eigenvalue weighted by Crippen LogP contribution is 2.42. The van der Waals surface area contributed by atoms with Gasteiger partial charge in [0.15, 0.2) is 23.7 Å². The Kier molecular flexibility index (Phi) is 10.8. The Morgan fingerprint density at radius 2 is 1.51 bits per heavy atom. The van der Waals surface area contributed by atoms with Gasteiger partial charge in [0.1, 0.15) is 18.5 Å². The smallest absolute Gasteiger partial charge is 0.303 e. The Hall–Kier alpha value is -4.02. The summed E-state index contributed by atoms with van der Waals surface area (Å²) in [4.78, 5) is 47.9. The van der Waals surface area contributed by atoms with E-state index in [4.69, 9.17) is 28.4 Å². The summed E-state index contributed by atoms with van der Waals surface area (Å²) in [7, 11) is 1.56. The Morgan fingerprint density at radius 1 is 0.927 bits per heavy atom. The molecule has 0 aliphatic carbocycles. The molecule has 0 radical (unpaired) electrons. The van der Waals surface area contributed by atoms with E-state index < -0.39 is 59.6 Å². The van der Waals surface area contributed by atoms with E-state index in [1.54, 1.807) is 19.2 Å². The van der Waals surface area contributed by atoms with Gasteiger partial charge in [-0.1, -0.05) is 30.0 Å². The molecule has 1 unspecified atom stereocenters. The third kappa shape index (κ3) is 8.25. The molecule has 0 aromatic heterocycles. The van der Waals surface area contributed by atoms with Crippen molar-refractivity contribution in [2.75, 3.05) is 13.7 Å². The normalized spacial score (nSPS) is 25.5. The molecule has 12 nitrogen and oxygen atoms in total. The monoisotopic (exact) mass is 588 g/mol. The zero-order chi connectivity index (χ0) is 30.3. The molecule has 2 aliphatic heterocycles. The first-order valence-corrected chi connectivity index (χ1v) is 13.5. The molecule has 1 aromatic rings. The molecular weight excluding hydrogens is 556 g/mol. The number of hydrogen-bond donors (Lipinski definition) is 1. The predicted octanol–water partition coefficient (Wildman–Crippen LogP) is 2.84. The second kappa shape index (κ2) is 14.0. The summed E-state index contributed by atoms with van der Waals surface area (Å²) in [6.45, 7) is 6.16. The lowest BCUT2D eigenvalue weighted by atomic mass is 9.89. The van der Waals surface area contributed by atoms with E-state index in [-0.39, 0.29) is 6.61 Å². The molecule has 1 fully saturated rings. The lowest BCUT2D eigenvalue weighted by Crippen LogP contribution is -2.61. The van der Waals surface area contributed by atoms with Crippen LogP contribution in [0, 0.1) is 11.3 Å². The highest BCUT2D eigenvalue weighted by atomic mass is 32.2. The van der Waals surface area contributed by atoms with Gasteiger partial charge in [0, 0.05) is 39.3 Å². The fourth-order valence-electron chi connectivity index (χ4n) is 4.45. The van der Waals surface area contributed by atoms with Crippen LogP contribution in [0.5, 0.6) is 5.75 Å². The number of hydrogen-bond acceptors (Lipinski definition) is 13. The number of nitrogens with one attached hydrogen (secondary N) is 1. The minimum absolute atomic E-state index is 0.347. The van der Waals surface area contributed by atoms with Crippen molar-refractivity contribution in [1.29, 1.82) is 5.26 Å². The standard InChI is InChI=1S/C28H32N2O10S/c1-14-11-21(19-7-9-20(35-6)10-8-19)22(12-29)27(30-14)41-28-26(39-18(5)34)25(38-17(4)33)24(37-16(3)32)23(40-28)13-36-15(2)31/h7-11,21,23-26,28,30H,13H2,1-6H3/t21?,23-,24+,25+,26-,28+/m1/s1. The highest BCUT2D eigenvalue weighted by molar-refractivity contribution is 8.03. The number of dihydropyridines is 1. The number of carbonyl (C=O) groups excluding carboxylic acids is 4. The van der Waals surface area contributed by atoms with Crippen molar-refractivity contribution >= 4 is 35.6 Å². The van der Waals surface area contributed by atoms with Crippen molar-refractivity contribution in [3.63, 3.8) is 0 Å². The molecule has 0 amide bonds. The summed E-state index contributed by atoms with van der Waals surface area (Å²) in [6, 6.07) is 9.55. The van der Waals surface area contributed by atoms with Crippen molar-refractivity contribution in [3.8, 4) is 11.8 Å². The number of thioether (sulfide) groups is 1. The molecule has 1 aromatic carbocycles. The maximum atomic E-state index is 12.2. The molecule has 6 atom stereocenters. The van der Waals surface area contributed by atoms with E-state index in [2.05, 4.69) is 11.4 Å². The van der Waals surface area contributed by atoms with Crippen LogP contribution in [-0.4, -0.2) is 67.4 Å². The number of esters is 4. The van der Waals surface area contributed by atoms with E-state index in [0.29, 0.717) is 16.4 Å². The number of nitriles is 1. The van der Waals surface area contributed by atoms with Crippen LogP contribution in [0.15, 0.2) is 46.6 Å².